The Morgan fingerprint density at radius 2 is 1.84 bits per heavy atom. The fourth-order valence-electron chi connectivity index (χ4n) is 1.91. The third kappa shape index (κ3) is 2.89. The monoisotopic (exact) mass is 251 g/mol. The highest BCUT2D eigenvalue weighted by Gasteiger charge is 2.06. The lowest BCUT2D eigenvalue weighted by molar-refractivity contribution is 0.410. The fraction of sp³-hybridized carbons (Fsp3) is 0.176. The first-order chi connectivity index (χ1) is 9.11. The van der Waals surface area contributed by atoms with E-state index >= 15 is 0 Å². The van der Waals surface area contributed by atoms with Gasteiger partial charge in [-0.3, -0.25) is 0 Å². The number of hydrogen-bond donors (Lipinski definition) is 1. The molecule has 96 valence electrons. The zero-order chi connectivity index (χ0) is 13.8. The molecule has 0 heterocycles. The molecule has 2 nitrogen and oxygen atoms in total. The lowest BCUT2D eigenvalue weighted by Gasteiger charge is -2.09. The summed E-state index contributed by atoms with van der Waals surface area (Å²) < 4.78 is 5.44. The molecule has 2 aromatic rings. The summed E-state index contributed by atoms with van der Waals surface area (Å²) in [5.41, 5.74) is 10.6. The number of hydrogen-bond acceptors (Lipinski definition) is 2. The van der Waals surface area contributed by atoms with Crippen LogP contribution >= 0.6 is 0 Å². The first-order valence-corrected chi connectivity index (χ1v) is 6.13. The maximum absolute atomic E-state index is 5.74. The molecule has 2 aromatic carbocycles. The molecule has 0 saturated heterocycles. The van der Waals surface area contributed by atoms with Gasteiger partial charge in [-0.2, -0.15) is 0 Å². The summed E-state index contributed by atoms with van der Waals surface area (Å²) >= 11 is 0. The molecule has 0 saturated carbocycles. The second-order valence-corrected chi connectivity index (χ2v) is 4.46. The van der Waals surface area contributed by atoms with Crippen molar-refractivity contribution in [1.29, 1.82) is 0 Å². The normalized spacial score (nSPS) is 9.63. The molecule has 0 bridgehead atoms. The van der Waals surface area contributed by atoms with Gasteiger partial charge < -0.3 is 10.5 Å². The van der Waals surface area contributed by atoms with Crippen LogP contribution in [0.3, 0.4) is 0 Å². The second-order valence-electron chi connectivity index (χ2n) is 4.46. The quantitative estimate of drug-likeness (QED) is 0.623. The number of nitrogens with two attached hydrogens (primary N) is 1. The van der Waals surface area contributed by atoms with Gasteiger partial charge in [0, 0.05) is 11.3 Å². The van der Waals surface area contributed by atoms with Gasteiger partial charge in [0.2, 0.25) is 0 Å². The van der Waals surface area contributed by atoms with Gasteiger partial charge in [0.05, 0.1) is 12.7 Å². The van der Waals surface area contributed by atoms with Crippen LogP contribution in [0.25, 0.3) is 0 Å². The average Bonchev–Trinajstić information content (AvgIpc) is 2.40. The summed E-state index contributed by atoms with van der Waals surface area (Å²) in [6, 6.07) is 11.6. The Morgan fingerprint density at radius 3 is 2.53 bits per heavy atom. The first-order valence-electron chi connectivity index (χ1n) is 6.13. The van der Waals surface area contributed by atoms with Crippen molar-refractivity contribution in [2.24, 2.45) is 0 Å². The predicted octanol–water partition coefficient (Wildman–Crippen LogP) is 3.29. The minimum Gasteiger partial charge on any atom is -0.495 e. The zero-order valence-corrected chi connectivity index (χ0v) is 11.4. The highest BCUT2D eigenvalue weighted by Crippen LogP contribution is 2.25. The van der Waals surface area contributed by atoms with Crippen molar-refractivity contribution >= 4 is 5.69 Å². The summed E-state index contributed by atoms with van der Waals surface area (Å²) in [7, 11) is 1.67. The van der Waals surface area contributed by atoms with E-state index < -0.39 is 0 Å². The number of rotatable bonds is 1. The van der Waals surface area contributed by atoms with Gasteiger partial charge in [0.1, 0.15) is 5.75 Å². The molecular formula is C17H17NO. The van der Waals surface area contributed by atoms with Crippen LogP contribution in [-0.4, -0.2) is 7.11 Å². The number of benzene rings is 2. The molecule has 2 heteroatoms. The molecule has 0 aliphatic heterocycles. The molecular weight excluding hydrogens is 234 g/mol. The summed E-state index contributed by atoms with van der Waals surface area (Å²) in [5.74, 6) is 7.10. The summed E-state index contributed by atoms with van der Waals surface area (Å²) in [4.78, 5) is 0. The average molecular weight is 251 g/mol. The van der Waals surface area contributed by atoms with Crippen molar-refractivity contribution in [3.05, 3.63) is 58.7 Å². The van der Waals surface area contributed by atoms with Crippen LogP contribution in [0.1, 0.15) is 22.3 Å². The molecule has 0 fully saturated rings. The Balaban J connectivity index is 2.43. The Hall–Kier alpha value is -2.40. The van der Waals surface area contributed by atoms with Crippen LogP contribution in [0.4, 0.5) is 5.69 Å². The van der Waals surface area contributed by atoms with Gasteiger partial charge in [-0.15, -0.1) is 0 Å². The van der Waals surface area contributed by atoms with Crippen LogP contribution in [-0.2, 0) is 0 Å². The summed E-state index contributed by atoms with van der Waals surface area (Å²) in [6.45, 7) is 4.10. The number of ether oxygens (including phenoxy) is 1. The van der Waals surface area contributed by atoms with Gasteiger partial charge in [-0.25, -0.2) is 0 Å². The Labute approximate surface area is 114 Å². The van der Waals surface area contributed by atoms with Crippen molar-refractivity contribution in [2.45, 2.75) is 13.8 Å². The van der Waals surface area contributed by atoms with Crippen molar-refractivity contribution in [2.75, 3.05) is 12.8 Å². The van der Waals surface area contributed by atoms with Crippen LogP contribution in [0.5, 0.6) is 5.75 Å². The Bertz CT molecular complexity index is 663. The molecule has 0 atom stereocenters. The number of nitrogen functional groups attached to an aromatic ring is 1. The van der Waals surface area contributed by atoms with E-state index in [0.717, 1.165) is 28.1 Å². The standard InChI is InChI=1S/C17H17NO/c1-12-7-9-15(17(19-3)13(12)2)10-8-14-5-4-6-16(18)11-14/h4-7,9,11H,18H2,1-3H3. The first kappa shape index (κ1) is 13.0. The van der Waals surface area contributed by atoms with E-state index in [9.17, 15) is 0 Å². The number of aryl methyl sites for hydroxylation is 1. The van der Waals surface area contributed by atoms with Gasteiger partial charge in [-0.05, 0) is 49.2 Å². The SMILES string of the molecule is COc1c(C#Cc2cccc(N)c2)ccc(C)c1C. The molecule has 2 N–H and O–H groups in total. The molecule has 0 amide bonds. The lowest BCUT2D eigenvalue weighted by atomic mass is 10.0. The van der Waals surface area contributed by atoms with E-state index in [0.29, 0.717) is 0 Å². The molecule has 0 radical (unpaired) electrons. The van der Waals surface area contributed by atoms with Crippen LogP contribution in [0, 0.1) is 25.7 Å². The largest absolute Gasteiger partial charge is 0.495 e. The summed E-state index contributed by atoms with van der Waals surface area (Å²) in [6.07, 6.45) is 0. The van der Waals surface area contributed by atoms with E-state index in [-0.39, 0.29) is 0 Å². The Morgan fingerprint density at radius 1 is 1.05 bits per heavy atom. The van der Waals surface area contributed by atoms with E-state index in [1.807, 2.05) is 37.3 Å². The van der Waals surface area contributed by atoms with Crippen LogP contribution < -0.4 is 10.5 Å². The van der Waals surface area contributed by atoms with E-state index in [2.05, 4.69) is 24.8 Å². The maximum Gasteiger partial charge on any atom is 0.137 e. The molecule has 2 rings (SSSR count). The molecule has 0 spiro atoms. The second kappa shape index (κ2) is 5.49. The highest BCUT2D eigenvalue weighted by atomic mass is 16.5. The molecule has 19 heavy (non-hydrogen) atoms. The third-order valence-electron chi connectivity index (χ3n) is 3.11. The predicted molar refractivity (Wildman–Crippen MR) is 79.3 cm³/mol. The minimum absolute atomic E-state index is 0.721. The summed E-state index contributed by atoms with van der Waals surface area (Å²) in [5, 5.41) is 0. The highest BCUT2D eigenvalue weighted by molar-refractivity contribution is 5.56. The van der Waals surface area contributed by atoms with Crippen LogP contribution in [0.15, 0.2) is 36.4 Å². The molecule has 0 aromatic heterocycles. The third-order valence-corrected chi connectivity index (χ3v) is 3.11. The van der Waals surface area contributed by atoms with Crippen molar-refractivity contribution in [1.82, 2.24) is 0 Å². The van der Waals surface area contributed by atoms with Gasteiger partial charge in [-0.1, -0.05) is 24.0 Å². The smallest absolute Gasteiger partial charge is 0.137 e. The minimum atomic E-state index is 0.721. The number of anilines is 1. The molecule has 0 aliphatic rings. The van der Waals surface area contributed by atoms with E-state index in [1.165, 1.54) is 5.56 Å². The van der Waals surface area contributed by atoms with Crippen molar-refractivity contribution < 1.29 is 4.74 Å². The lowest BCUT2D eigenvalue weighted by Crippen LogP contribution is -1.93. The van der Waals surface area contributed by atoms with Gasteiger partial charge >= 0.3 is 0 Å². The topological polar surface area (TPSA) is 35.2 Å². The van der Waals surface area contributed by atoms with E-state index in [4.69, 9.17) is 10.5 Å². The molecule has 0 unspecified atom stereocenters. The number of methoxy groups -OCH3 is 1. The zero-order valence-electron chi connectivity index (χ0n) is 11.4. The van der Waals surface area contributed by atoms with Gasteiger partial charge in [0.15, 0.2) is 0 Å². The van der Waals surface area contributed by atoms with Gasteiger partial charge in [0.25, 0.3) is 0 Å². The van der Waals surface area contributed by atoms with Crippen LogP contribution in [0.2, 0.25) is 0 Å². The van der Waals surface area contributed by atoms with E-state index in [1.54, 1.807) is 7.11 Å². The molecule has 0 aliphatic carbocycles. The van der Waals surface area contributed by atoms with Crippen molar-refractivity contribution in [3.8, 4) is 17.6 Å². The maximum atomic E-state index is 5.74. The van der Waals surface area contributed by atoms with Crippen molar-refractivity contribution in [3.63, 3.8) is 0 Å². The Kier molecular flexibility index (Phi) is 3.77. The fourth-order valence-corrected chi connectivity index (χ4v) is 1.91.